The molecule has 8 heteroatoms. The maximum Gasteiger partial charge on any atom is 0.387 e. The molecule has 1 amide bonds. The second-order valence-corrected chi connectivity index (χ2v) is 5.18. The van der Waals surface area contributed by atoms with Gasteiger partial charge in [-0.3, -0.25) is 4.79 Å². The molecular formula is C17H16F4N2O2. The van der Waals surface area contributed by atoms with Crippen LogP contribution in [0.1, 0.15) is 18.9 Å². The summed E-state index contributed by atoms with van der Waals surface area (Å²) in [5.74, 6) is -2.45. The molecule has 0 aliphatic carbocycles. The Morgan fingerprint density at radius 2 is 1.84 bits per heavy atom. The molecule has 2 aromatic rings. The number of alkyl halides is 2. The van der Waals surface area contributed by atoms with Gasteiger partial charge in [-0.05, 0) is 29.8 Å². The van der Waals surface area contributed by atoms with Crippen molar-refractivity contribution in [3.05, 3.63) is 53.6 Å². The summed E-state index contributed by atoms with van der Waals surface area (Å²) in [5.41, 5.74) is 5.04. The third kappa shape index (κ3) is 4.62. The highest BCUT2D eigenvalue weighted by molar-refractivity contribution is 5.93. The first kappa shape index (κ1) is 18.6. The fourth-order valence-electron chi connectivity index (χ4n) is 2.24. The van der Waals surface area contributed by atoms with Crippen LogP contribution >= 0.6 is 0 Å². The summed E-state index contributed by atoms with van der Waals surface area (Å²) in [6, 6.07) is 7.62. The van der Waals surface area contributed by atoms with Gasteiger partial charge in [-0.1, -0.05) is 19.1 Å². The van der Waals surface area contributed by atoms with Crippen molar-refractivity contribution in [1.29, 1.82) is 0 Å². The van der Waals surface area contributed by atoms with Gasteiger partial charge in [0.25, 0.3) is 0 Å². The molecule has 0 spiro atoms. The van der Waals surface area contributed by atoms with Gasteiger partial charge in [-0.25, -0.2) is 8.78 Å². The van der Waals surface area contributed by atoms with Crippen LogP contribution in [0.2, 0.25) is 0 Å². The fourth-order valence-corrected chi connectivity index (χ4v) is 2.24. The largest absolute Gasteiger partial charge is 0.435 e. The minimum atomic E-state index is -2.98. The molecule has 0 saturated carbocycles. The predicted molar refractivity (Wildman–Crippen MR) is 85.3 cm³/mol. The molecule has 134 valence electrons. The lowest BCUT2D eigenvalue weighted by atomic mass is 10.1. The van der Waals surface area contributed by atoms with Gasteiger partial charge < -0.3 is 15.4 Å². The molecule has 0 fully saturated rings. The van der Waals surface area contributed by atoms with Crippen molar-refractivity contribution in [1.82, 2.24) is 0 Å². The van der Waals surface area contributed by atoms with Crippen LogP contribution in [0.25, 0.3) is 0 Å². The van der Waals surface area contributed by atoms with Crippen LogP contribution in [0.5, 0.6) is 5.75 Å². The number of benzene rings is 2. The van der Waals surface area contributed by atoms with Crippen molar-refractivity contribution in [2.75, 3.05) is 10.6 Å². The number of ether oxygens (including phenoxy) is 1. The summed E-state index contributed by atoms with van der Waals surface area (Å²) in [5, 5.41) is 0. The van der Waals surface area contributed by atoms with E-state index < -0.39 is 29.8 Å². The fraction of sp³-hybridized carbons (Fsp3) is 0.235. The van der Waals surface area contributed by atoms with Crippen molar-refractivity contribution in [3.63, 3.8) is 0 Å². The Balaban J connectivity index is 2.35. The number of carbonyl (C=O) groups excluding carboxylic acids is 1. The van der Waals surface area contributed by atoms with Gasteiger partial charge in [-0.2, -0.15) is 8.78 Å². The first-order valence-electron chi connectivity index (χ1n) is 7.40. The van der Waals surface area contributed by atoms with Crippen molar-refractivity contribution < 1.29 is 27.1 Å². The third-order valence-electron chi connectivity index (χ3n) is 3.44. The average molecular weight is 356 g/mol. The molecule has 0 aliphatic rings. The molecule has 0 radical (unpaired) electrons. The number of anilines is 2. The lowest BCUT2D eigenvalue weighted by Crippen LogP contribution is -2.30. The second-order valence-electron chi connectivity index (χ2n) is 5.18. The van der Waals surface area contributed by atoms with Crippen LogP contribution in [0.3, 0.4) is 0 Å². The molecule has 0 unspecified atom stereocenters. The van der Waals surface area contributed by atoms with E-state index in [1.807, 2.05) is 0 Å². The quantitative estimate of drug-likeness (QED) is 0.626. The SMILES string of the molecule is CCC(=O)N(Cc1cccc(OC(F)F)c1)c1cc(F)c(N)c(F)c1. The van der Waals surface area contributed by atoms with Gasteiger partial charge in [0.1, 0.15) is 11.4 Å². The summed E-state index contributed by atoms with van der Waals surface area (Å²) in [7, 11) is 0. The lowest BCUT2D eigenvalue weighted by molar-refractivity contribution is -0.118. The number of nitrogens with two attached hydrogens (primary N) is 1. The van der Waals surface area contributed by atoms with Crippen LogP contribution in [-0.2, 0) is 11.3 Å². The Hall–Kier alpha value is -2.77. The molecule has 25 heavy (non-hydrogen) atoms. The number of nitrogen functional groups attached to an aromatic ring is 1. The van der Waals surface area contributed by atoms with E-state index in [9.17, 15) is 22.4 Å². The van der Waals surface area contributed by atoms with Crippen LogP contribution in [0.15, 0.2) is 36.4 Å². The number of halogens is 4. The average Bonchev–Trinajstić information content (AvgIpc) is 2.56. The molecule has 0 aliphatic heterocycles. The van der Waals surface area contributed by atoms with Crippen molar-refractivity contribution in [2.24, 2.45) is 0 Å². The van der Waals surface area contributed by atoms with E-state index in [4.69, 9.17) is 5.73 Å². The standard InChI is InChI=1S/C17H16F4N2O2/c1-2-15(24)23(11-7-13(18)16(22)14(19)8-11)9-10-4-3-5-12(6-10)25-17(20)21/h3-8,17H,2,9,22H2,1H3. The minimum Gasteiger partial charge on any atom is -0.435 e. The summed E-state index contributed by atoms with van der Waals surface area (Å²) >= 11 is 0. The molecule has 2 rings (SSSR count). The number of nitrogens with zero attached hydrogens (tertiary/aromatic N) is 1. The number of hydrogen-bond donors (Lipinski definition) is 1. The molecule has 0 aromatic heterocycles. The Bertz CT molecular complexity index is 745. The molecule has 0 heterocycles. The van der Waals surface area contributed by atoms with Gasteiger partial charge in [0.2, 0.25) is 5.91 Å². The zero-order valence-corrected chi connectivity index (χ0v) is 13.3. The van der Waals surface area contributed by atoms with E-state index in [0.29, 0.717) is 5.56 Å². The highest BCUT2D eigenvalue weighted by Crippen LogP contribution is 2.26. The normalized spacial score (nSPS) is 10.8. The predicted octanol–water partition coefficient (Wildman–Crippen LogP) is 4.09. The molecule has 2 N–H and O–H groups in total. The van der Waals surface area contributed by atoms with E-state index in [-0.39, 0.29) is 24.4 Å². The van der Waals surface area contributed by atoms with Crippen LogP contribution in [0, 0.1) is 11.6 Å². The minimum absolute atomic E-state index is 0.0174. The zero-order valence-electron chi connectivity index (χ0n) is 13.3. The second kappa shape index (κ2) is 7.87. The summed E-state index contributed by atoms with van der Waals surface area (Å²) < 4.78 is 56.3. The Morgan fingerprint density at radius 3 is 2.40 bits per heavy atom. The highest BCUT2D eigenvalue weighted by atomic mass is 19.3. The van der Waals surface area contributed by atoms with Crippen molar-refractivity contribution >= 4 is 17.3 Å². The van der Waals surface area contributed by atoms with Gasteiger partial charge in [0.05, 0.1) is 6.54 Å². The number of hydrogen-bond acceptors (Lipinski definition) is 3. The van der Waals surface area contributed by atoms with Crippen molar-refractivity contribution in [2.45, 2.75) is 26.5 Å². The number of amides is 1. The number of rotatable bonds is 6. The van der Waals surface area contributed by atoms with Crippen molar-refractivity contribution in [3.8, 4) is 5.75 Å². The Morgan fingerprint density at radius 1 is 1.20 bits per heavy atom. The van der Waals surface area contributed by atoms with E-state index >= 15 is 0 Å². The van der Waals surface area contributed by atoms with Gasteiger partial charge >= 0.3 is 6.61 Å². The smallest absolute Gasteiger partial charge is 0.387 e. The molecule has 2 aromatic carbocycles. The van der Waals surface area contributed by atoms with Crippen LogP contribution in [0.4, 0.5) is 28.9 Å². The molecular weight excluding hydrogens is 340 g/mol. The highest BCUT2D eigenvalue weighted by Gasteiger charge is 2.19. The van der Waals surface area contributed by atoms with E-state index in [1.165, 1.54) is 18.2 Å². The first-order valence-corrected chi connectivity index (χ1v) is 7.40. The molecule has 0 atom stereocenters. The van der Waals surface area contributed by atoms with Gasteiger partial charge in [0.15, 0.2) is 11.6 Å². The van der Waals surface area contributed by atoms with Crippen LogP contribution < -0.4 is 15.4 Å². The monoisotopic (exact) mass is 356 g/mol. The third-order valence-corrected chi connectivity index (χ3v) is 3.44. The summed E-state index contributed by atoms with van der Waals surface area (Å²) in [6.07, 6.45) is 0.0842. The summed E-state index contributed by atoms with van der Waals surface area (Å²) in [4.78, 5) is 13.3. The first-order chi connectivity index (χ1) is 11.8. The lowest BCUT2D eigenvalue weighted by Gasteiger charge is -2.23. The summed E-state index contributed by atoms with van der Waals surface area (Å²) in [6.45, 7) is -1.46. The molecule has 0 saturated heterocycles. The van der Waals surface area contributed by atoms with E-state index in [1.54, 1.807) is 13.0 Å². The van der Waals surface area contributed by atoms with E-state index in [0.717, 1.165) is 17.0 Å². The Labute approximate surface area is 141 Å². The Kier molecular flexibility index (Phi) is 5.84. The van der Waals surface area contributed by atoms with E-state index in [2.05, 4.69) is 4.74 Å². The molecule has 0 bridgehead atoms. The maximum atomic E-state index is 13.7. The van der Waals surface area contributed by atoms with Gasteiger partial charge in [-0.15, -0.1) is 0 Å². The topological polar surface area (TPSA) is 55.6 Å². The number of carbonyl (C=O) groups is 1. The van der Waals surface area contributed by atoms with Crippen LogP contribution in [-0.4, -0.2) is 12.5 Å². The van der Waals surface area contributed by atoms with Gasteiger partial charge in [0, 0.05) is 12.1 Å². The maximum absolute atomic E-state index is 13.7. The molecule has 4 nitrogen and oxygen atoms in total. The zero-order chi connectivity index (χ0) is 18.6.